The molecule has 18 heavy (non-hydrogen) atoms. The standard InChI is InChI=1S/C15H16N2O/c1-16-14-11-7-6-10-13(14)15(18)17(2)12-8-4-3-5-9-12/h3-11,16H,1-2H3. The minimum atomic E-state index is -0.0221. The van der Waals surface area contributed by atoms with Gasteiger partial charge >= 0.3 is 0 Å². The highest BCUT2D eigenvalue weighted by Crippen LogP contribution is 2.19. The van der Waals surface area contributed by atoms with Crippen LogP contribution in [0.15, 0.2) is 54.6 Å². The van der Waals surface area contributed by atoms with Crippen LogP contribution in [0.4, 0.5) is 11.4 Å². The van der Waals surface area contributed by atoms with E-state index in [4.69, 9.17) is 0 Å². The molecule has 0 spiro atoms. The van der Waals surface area contributed by atoms with Crippen molar-refractivity contribution >= 4 is 17.3 Å². The zero-order chi connectivity index (χ0) is 13.0. The highest BCUT2D eigenvalue weighted by atomic mass is 16.2. The van der Waals surface area contributed by atoms with E-state index in [2.05, 4.69) is 5.32 Å². The molecular formula is C15H16N2O. The van der Waals surface area contributed by atoms with Gasteiger partial charge in [-0.3, -0.25) is 4.79 Å². The van der Waals surface area contributed by atoms with Crippen molar-refractivity contribution in [3.05, 3.63) is 60.2 Å². The summed E-state index contributed by atoms with van der Waals surface area (Å²) in [6, 6.07) is 17.1. The quantitative estimate of drug-likeness (QED) is 0.894. The predicted octanol–water partition coefficient (Wildman–Crippen LogP) is 3.00. The summed E-state index contributed by atoms with van der Waals surface area (Å²) in [6.07, 6.45) is 0. The summed E-state index contributed by atoms with van der Waals surface area (Å²) < 4.78 is 0. The van der Waals surface area contributed by atoms with Gasteiger partial charge in [0.2, 0.25) is 0 Å². The van der Waals surface area contributed by atoms with Crippen molar-refractivity contribution < 1.29 is 4.79 Å². The first kappa shape index (κ1) is 12.2. The van der Waals surface area contributed by atoms with Crippen LogP contribution in [0.2, 0.25) is 0 Å². The number of rotatable bonds is 3. The second-order valence-corrected chi connectivity index (χ2v) is 4.00. The van der Waals surface area contributed by atoms with Gasteiger partial charge in [-0.1, -0.05) is 30.3 Å². The average molecular weight is 240 g/mol. The smallest absolute Gasteiger partial charge is 0.260 e. The van der Waals surface area contributed by atoms with Gasteiger partial charge in [-0.15, -0.1) is 0 Å². The summed E-state index contributed by atoms with van der Waals surface area (Å²) in [5, 5.41) is 3.04. The lowest BCUT2D eigenvalue weighted by Crippen LogP contribution is -2.26. The summed E-state index contributed by atoms with van der Waals surface area (Å²) in [5.41, 5.74) is 2.39. The topological polar surface area (TPSA) is 32.3 Å². The molecule has 0 atom stereocenters. The van der Waals surface area contributed by atoms with Gasteiger partial charge < -0.3 is 10.2 Å². The lowest BCUT2D eigenvalue weighted by molar-refractivity contribution is 0.0994. The normalized spacial score (nSPS) is 9.89. The molecule has 0 bridgehead atoms. The minimum Gasteiger partial charge on any atom is -0.387 e. The Morgan fingerprint density at radius 1 is 1.00 bits per heavy atom. The van der Waals surface area contributed by atoms with Gasteiger partial charge in [0.15, 0.2) is 0 Å². The summed E-state index contributed by atoms with van der Waals surface area (Å²) in [5.74, 6) is -0.0221. The van der Waals surface area contributed by atoms with Gasteiger partial charge in [0.05, 0.1) is 5.56 Å². The largest absolute Gasteiger partial charge is 0.387 e. The first-order chi connectivity index (χ1) is 8.74. The number of hydrogen-bond donors (Lipinski definition) is 1. The van der Waals surface area contributed by atoms with E-state index in [1.165, 1.54) is 0 Å². The Balaban J connectivity index is 2.32. The molecule has 0 fully saturated rings. The predicted molar refractivity (Wildman–Crippen MR) is 75.2 cm³/mol. The number of anilines is 2. The molecule has 3 nitrogen and oxygen atoms in total. The van der Waals surface area contributed by atoms with Gasteiger partial charge in [-0.05, 0) is 24.3 Å². The lowest BCUT2D eigenvalue weighted by atomic mass is 10.1. The van der Waals surface area contributed by atoms with Crippen LogP contribution >= 0.6 is 0 Å². The van der Waals surface area contributed by atoms with Crippen molar-refractivity contribution in [2.75, 3.05) is 24.3 Å². The van der Waals surface area contributed by atoms with Crippen molar-refractivity contribution in [2.45, 2.75) is 0 Å². The Bertz CT molecular complexity index is 537. The second kappa shape index (κ2) is 5.36. The van der Waals surface area contributed by atoms with Crippen molar-refractivity contribution in [1.29, 1.82) is 0 Å². The molecule has 0 heterocycles. The van der Waals surface area contributed by atoms with Crippen LogP contribution in [0.3, 0.4) is 0 Å². The maximum Gasteiger partial charge on any atom is 0.260 e. The van der Waals surface area contributed by atoms with E-state index >= 15 is 0 Å². The molecule has 92 valence electrons. The fourth-order valence-electron chi connectivity index (χ4n) is 1.84. The van der Waals surface area contributed by atoms with Crippen LogP contribution in [0.25, 0.3) is 0 Å². The molecule has 0 aliphatic heterocycles. The van der Waals surface area contributed by atoms with E-state index in [-0.39, 0.29) is 5.91 Å². The number of nitrogens with zero attached hydrogens (tertiary/aromatic N) is 1. The Morgan fingerprint density at radius 3 is 2.28 bits per heavy atom. The molecule has 2 aromatic rings. The third-order valence-corrected chi connectivity index (χ3v) is 2.87. The molecule has 2 aromatic carbocycles. The first-order valence-electron chi connectivity index (χ1n) is 5.84. The highest BCUT2D eigenvalue weighted by molar-refractivity contribution is 6.09. The van der Waals surface area contributed by atoms with E-state index in [9.17, 15) is 4.79 Å². The van der Waals surface area contributed by atoms with Crippen LogP contribution in [0.1, 0.15) is 10.4 Å². The summed E-state index contributed by atoms with van der Waals surface area (Å²) in [7, 11) is 3.60. The Labute approximate surface area is 107 Å². The maximum absolute atomic E-state index is 12.4. The van der Waals surface area contributed by atoms with Crippen molar-refractivity contribution in [2.24, 2.45) is 0 Å². The first-order valence-corrected chi connectivity index (χ1v) is 5.84. The van der Waals surface area contributed by atoms with Gasteiger partial charge in [0.1, 0.15) is 0 Å². The summed E-state index contributed by atoms with van der Waals surface area (Å²) >= 11 is 0. The zero-order valence-corrected chi connectivity index (χ0v) is 10.6. The van der Waals surface area contributed by atoms with Crippen LogP contribution in [0, 0.1) is 0 Å². The number of carbonyl (C=O) groups is 1. The molecule has 3 heteroatoms. The molecule has 0 aliphatic rings. The molecule has 1 N–H and O–H groups in total. The number of amides is 1. The zero-order valence-electron chi connectivity index (χ0n) is 10.6. The van der Waals surface area contributed by atoms with E-state index in [0.717, 1.165) is 11.4 Å². The third-order valence-electron chi connectivity index (χ3n) is 2.87. The maximum atomic E-state index is 12.4. The van der Waals surface area contributed by atoms with E-state index in [0.29, 0.717) is 5.56 Å². The molecule has 0 radical (unpaired) electrons. The SMILES string of the molecule is CNc1ccccc1C(=O)N(C)c1ccccc1. The van der Waals surface area contributed by atoms with Gasteiger partial charge in [-0.2, -0.15) is 0 Å². The summed E-state index contributed by atoms with van der Waals surface area (Å²) in [6.45, 7) is 0. The molecule has 2 rings (SSSR count). The second-order valence-electron chi connectivity index (χ2n) is 4.00. The fourth-order valence-corrected chi connectivity index (χ4v) is 1.84. The fraction of sp³-hybridized carbons (Fsp3) is 0.133. The molecule has 0 aliphatic carbocycles. The third kappa shape index (κ3) is 2.35. The van der Waals surface area contributed by atoms with Crippen LogP contribution < -0.4 is 10.2 Å². The van der Waals surface area contributed by atoms with Crippen molar-refractivity contribution in [3.63, 3.8) is 0 Å². The number of para-hydroxylation sites is 2. The minimum absolute atomic E-state index is 0.0221. The van der Waals surface area contributed by atoms with Gasteiger partial charge in [0, 0.05) is 25.5 Å². The molecule has 1 amide bonds. The van der Waals surface area contributed by atoms with E-state index < -0.39 is 0 Å². The number of hydrogen-bond acceptors (Lipinski definition) is 2. The molecule has 0 unspecified atom stereocenters. The average Bonchev–Trinajstić information content (AvgIpc) is 2.46. The molecular weight excluding hydrogens is 224 g/mol. The molecule has 0 saturated heterocycles. The number of nitrogens with one attached hydrogen (secondary N) is 1. The van der Waals surface area contributed by atoms with Crippen LogP contribution in [0.5, 0.6) is 0 Å². The molecule has 0 saturated carbocycles. The number of benzene rings is 2. The van der Waals surface area contributed by atoms with Gasteiger partial charge in [-0.25, -0.2) is 0 Å². The number of carbonyl (C=O) groups excluding carboxylic acids is 1. The van der Waals surface area contributed by atoms with E-state index in [1.54, 1.807) is 11.9 Å². The van der Waals surface area contributed by atoms with Crippen molar-refractivity contribution in [1.82, 2.24) is 0 Å². The van der Waals surface area contributed by atoms with Crippen LogP contribution in [-0.2, 0) is 0 Å². The lowest BCUT2D eigenvalue weighted by Gasteiger charge is -2.19. The van der Waals surface area contributed by atoms with Crippen molar-refractivity contribution in [3.8, 4) is 0 Å². The Morgan fingerprint density at radius 2 is 1.61 bits per heavy atom. The summed E-state index contributed by atoms with van der Waals surface area (Å²) in [4.78, 5) is 14.1. The monoisotopic (exact) mass is 240 g/mol. The van der Waals surface area contributed by atoms with Gasteiger partial charge in [0.25, 0.3) is 5.91 Å². The van der Waals surface area contributed by atoms with E-state index in [1.807, 2.05) is 61.6 Å². The Kier molecular flexibility index (Phi) is 3.63. The van der Waals surface area contributed by atoms with Crippen LogP contribution in [-0.4, -0.2) is 20.0 Å². The Hall–Kier alpha value is -2.29. The highest BCUT2D eigenvalue weighted by Gasteiger charge is 2.15. The molecule has 0 aromatic heterocycles.